The molecule has 0 spiro atoms. The fourth-order valence-corrected chi connectivity index (χ4v) is 1.69. The van der Waals surface area contributed by atoms with Gasteiger partial charge in [0, 0.05) is 12.7 Å². The van der Waals surface area contributed by atoms with Crippen LogP contribution in [0.25, 0.3) is 0 Å². The lowest BCUT2D eigenvalue weighted by Gasteiger charge is -2.06. The molecule has 2 nitrogen and oxygen atoms in total. The van der Waals surface area contributed by atoms with Gasteiger partial charge < -0.3 is 0 Å². The summed E-state index contributed by atoms with van der Waals surface area (Å²) in [6.45, 7) is 12.1. The second-order valence-electron chi connectivity index (χ2n) is 4.54. The molecule has 0 unspecified atom stereocenters. The molecule has 0 aliphatic carbocycles. The molecule has 2 heteroatoms. The molecule has 1 rings (SSSR count). The quantitative estimate of drug-likeness (QED) is 0.717. The Morgan fingerprint density at radius 3 is 2.21 bits per heavy atom. The van der Waals surface area contributed by atoms with Crippen LogP contribution in [0.2, 0.25) is 0 Å². The van der Waals surface area contributed by atoms with E-state index < -0.39 is 0 Å². The van der Waals surface area contributed by atoms with E-state index in [2.05, 4.69) is 50.6 Å². The van der Waals surface area contributed by atoms with Crippen LogP contribution in [0, 0.1) is 0 Å². The van der Waals surface area contributed by atoms with Gasteiger partial charge in [0.2, 0.25) is 0 Å². The first-order valence-corrected chi connectivity index (χ1v) is 5.63. The summed E-state index contributed by atoms with van der Waals surface area (Å²) in [5.41, 5.74) is 2.68. The maximum absolute atomic E-state index is 4.64. The lowest BCUT2D eigenvalue weighted by Crippen LogP contribution is -1.99. The zero-order chi connectivity index (χ0) is 10.7. The van der Waals surface area contributed by atoms with Crippen LogP contribution in [0.5, 0.6) is 0 Å². The van der Waals surface area contributed by atoms with Crippen LogP contribution in [0.15, 0.2) is 6.20 Å². The predicted octanol–water partition coefficient (Wildman–Crippen LogP) is 3.54. The van der Waals surface area contributed by atoms with Crippen LogP contribution in [0.1, 0.15) is 64.1 Å². The molecular weight excluding hydrogens is 172 g/mol. The Morgan fingerprint density at radius 2 is 1.86 bits per heavy atom. The van der Waals surface area contributed by atoms with Crippen LogP contribution in [-0.2, 0) is 6.54 Å². The van der Waals surface area contributed by atoms with Gasteiger partial charge in [-0.15, -0.1) is 0 Å². The fourth-order valence-electron chi connectivity index (χ4n) is 1.69. The minimum absolute atomic E-state index is 0.533. The standard InChI is InChI=1S/C12H22N2/c1-6-7-14-8-11(9(2)3)12(13-14)10(4)5/h8-10H,6-7H2,1-5H3. The summed E-state index contributed by atoms with van der Waals surface area (Å²) in [5.74, 6) is 1.11. The largest absolute Gasteiger partial charge is 0.272 e. The molecular formula is C12H22N2. The van der Waals surface area contributed by atoms with Crippen molar-refractivity contribution in [3.63, 3.8) is 0 Å². The van der Waals surface area contributed by atoms with Crippen LogP contribution in [0.3, 0.4) is 0 Å². The van der Waals surface area contributed by atoms with E-state index in [1.165, 1.54) is 11.3 Å². The molecule has 0 fully saturated rings. The molecule has 0 bridgehead atoms. The van der Waals surface area contributed by atoms with Gasteiger partial charge >= 0.3 is 0 Å². The zero-order valence-electron chi connectivity index (χ0n) is 10.0. The monoisotopic (exact) mass is 194 g/mol. The third-order valence-electron chi connectivity index (χ3n) is 2.44. The van der Waals surface area contributed by atoms with Gasteiger partial charge in [-0.2, -0.15) is 5.10 Å². The molecule has 1 aromatic heterocycles. The van der Waals surface area contributed by atoms with E-state index in [1.807, 2.05) is 0 Å². The normalized spacial score (nSPS) is 11.6. The van der Waals surface area contributed by atoms with E-state index in [0.29, 0.717) is 11.8 Å². The zero-order valence-corrected chi connectivity index (χ0v) is 10.0. The van der Waals surface area contributed by atoms with Gasteiger partial charge in [0.25, 0.3) is 0 Å². The van der Waals surface area contributed by atoms with Gasteiger partial charge in [-0.3, -0.25) is 4.68 Å². The Labute approximate surface area is 87.3 Å². The second kappa shape index (κ2) is 4.63. The Morgan fingerprint density at radius 1 is 1.21 bits per heavy atom. The molecule has 80 valence electrons. The molecule has 14 heavy (non-hydrogen) atoms. The Bertz CT molecular complexity index is 259. The van der Waals surface area contributed by atoms with Gasteiger partial charge in [0.1, 0.15) is 0 Å². The van der Waals surface area contributed by atoms with E-state index in [9.17, 15) is 0 Å². The van der Waals surface area contributed by atoms with Crippen LogP contribution < -0.4 is 0 Å². The molecule has 0 saturated carbocycles. The van der Waals surface area contributed by atoms with Crippen molar-refractivity contribution in [2.75, 3.05) is 0 Å². The summed E-state index contributed by atoms with van der Waals surface area (Å²) in [6.07, 6.45) is 3.36. The molecule has 0 amide bonds. The number of rotatable bonds is 4. The molecule has 0 aliphatic rings. The van der Waals surface area contributed by atoms with Gasteiger partial charge in [-0.25, -0.2) is 0 Å². The molecule has 0 radical (unpaired) electrons. The highest BCUT2D eigenvalue weighted by atomic mass is 15.3. The molecule has 1 aromatic rings. The minimum Gasteiger partial charge on any atom is -0.272 e. The van der Waals surface area contributed by atoms with E-state index in [1.54, 1.807) is 0 Å². The first-order chi connectivity index (χ1) is 6.56. The summed E-state index contributed by atoms with van der Waals surface area (Å²) in [4.78, 5) is 0. The molecule has 0 N–H and O–H groups in total. The number of hydrogen-bond acceptors (Lipinski definition) is 1. The fraction of sp³-hybridized carbons (Fsp3) is 0.750. The van der Waals surface area contributed by atoms with Crippen molar-refractivity contribution in [2.45, 2.75) is 59.4 Å². The maximum Gasteiger partial charge on any atom is 0.0684 e. The SMILES string of the molecule is CCCn1cc(C(C)C)c(C(C)C)n1. The minimum atomic E-state index is 0.533. The third kappa shape index (κ3) is 2.37. The van der Waals surface area contributed by atoms with Crippen LogP contribution in [0.4, 0.5) is 0 Å². The third-order valence-corrected chi connectivity index (χ3v) is 2.44. The van der Waals surface area contributed by atoms with Crippen molar-refractivity contribution < 1.29 is 0 Å². The smallest absolute Gasteiger partial charge is 0.0684 e. The summed E-state index contributed by atoms with van der Waals surface area (Å²) >= 11 is 0. The van der Waals surface area contributed by atoms with Crippen molar-refractivity contribution in [1.82, 2.24) is 9.78 Å². The van der Waals surface area contributed by atoms with Gasteiger partial charge in [-0.1, -0.05) is 34.6 Å². The van der Waals surface area contributed by atoms with Crippen molar-refractivity contribution in [3.8, 4) is 0 Å². The van der Waals surface area contributed by atoms with E-state index in [0.717, 1.165) is 13.0 Å². The molecule has 0 saturated heterocycles. The molecule has 0 atom stereocenters. The van der Waals surface area contributed by atoms with Crippen molar-refractivity contribution in [2.24, 2.45) is 0 Å². The number of hydrogen-bond donors (Lipinski definition) is 0. The van der Waals surface area contributed by atoms with Crippen LogP contribution in [-0.4, -0.2) is 9.78 Å². The number of nitrogens with zero attached hydrogens (tertiary/aromatic N) is 2. The maximum atomic E-state index is 4.64. The first kappa shape index (κ1) is 11.3. The van der Waals surface area contributed by atoms with Crippen molar-refractivity contribution >= 4 is 0 Å². The summed E-state index contributed by atoms with van der Waals surface area (Å²) in [7, 11) is 0. The lowest BCUT2D eigenvalue weighted by atomic mass is 9.98. The number of aryl methyl sites for hydroxylation is 1. The highest BCUT2D eigenvalue weighted by molar-refractivity contribution is 5.23. The highest BCUT2D eigenvalue weighted by Gasteiger charge is 2.14. The van der Waals surface area contributed by atoms with Gasteiger partial charge in [0.05, 0.1) is 5.69 Å². The van der Waals surface area contributed by atoms with E-state index >= 15 is 0 Å². The predicted molar refractivity (Wildman–Crippen MR) is 60.7 cm³/mol. The average molecular weight is 194 g/mol. The molecule has 1 heterocycles. The highest BCUT2D eigenvalue weighted by Crippen LogP contribution is 2.24. The second-order valence-corrected chi connectivity index (χ2v) is 4.54. The van der Waals surface area contributed by atoms with E-state index in [-0.39, 0.29) is 0 Å². The summed E-state index contributed by atoms with van der Waals surface area (Å²) in [6, 6.07) is 0. The topological polar surface area (TPSA) is 17.8 Å². The summed E-state index contributed by atoms with van der Waals surface area (Å²) in [5, 5.41) is 4.64. The van der Waals surface area contributed by atoms with Gasteiger partial charge in [-0.05, 0) is 23.8 Å². The van der Waals surface area contributed by atoms with Gasteiger partial charge in [0.15, 0.2) is 0 Å². The van der Waals surface area contributed by atoms with E-state index in [4.69, 9.17) is 0 Å². The summed E-state index contributed by atoms with van der Waals surface area (Å²) < 4.78 is 2.09. The molecule has 0 aliphatic heterocycles. The Hall–Kier alpha value is -0.790. The van der Waals surface area contributed by atoms with Crippen LogP contribution >= 0.6 is 0 Å². The average Bonchev–Trinajstić information content (AvgIpc) is 2.49. The first-order valence-electron chi connectivity index (χ1n) is 5.63. The van der Waals surface area contributed by atoms with Crippen molar-refractivity contribution in [1.29, 1.82) is 0 Å². The Kier molecular flexibility index (Phi) is 3.73. The van der Waals surface area contributed by atoms with Crippen molar-refractivity contribution in [3.05, 3.63) is 17.5 Å². The lowest BCUT2D eigenvalue weighted by molar-refractivity contribution is 0.588. The Balaban J connectivity index is 3.00. The molecule has 0 aromatic carbocycles. The number of aromatic nitrogens is 2.